The van der Waals surface area contributed by atoms with Gasteiger partial charge in [-0.1, -0.05) is 48.5 Å². The summed E-state index contributed by atoms with van der Waals surface area (Å²) in [5, 5.41) is 9.62. The SMILES string of the molecule is O=C1CCCCC1Sc1nnc(Cc2ccccc2)n1Cc1ccco1. The smallest absolute Gasteiger partial charge is 0.192 e. The molecule has 3 aromatic rings. The topological polar surface area (TPSA) is 60.9 Å². The van der Waals surface area contributed by atoms with Crippen LogP contribution in [0.4, 0.5) is 0 Å². The molecule has 1 fully saturated rings. The van der Waals surface area contributed by atoms with Crippen LogP contribution in [-0.4, -0.2) is 25.8 Å². The van der Waals surface area contributed by atoms with Crippen molar-refractivity contribution in [3.8, 4) is 0 Å². The lowest BCUT2D eigenvalue weighted by molar-refractivity contribution is -0.119. The molecule has 0 bridgehead atoms. The highest BCUT2D eigenvalue weighted by Gasteiger charge is 2.26. The number of rotatable bonds is 6. The number of carbonyl (C=O) groups is 1. The molecule has 1 aromatic carbocycles. The molecule has 0 aliphatic heterocycles. The molecule has 1 aliphatic carbocycles. The average molecular weight is 367 g/mol. The lowest BCUT2D eigenvalue weighted by Crippen LogP contribution is -2.22. The van der Waals surface area contributed by atoms with E-state index in [2.05, 4.69) is 26.9 Å². The fourth-order valence-electron chi connectivity index (χ4n) is 3.24. The van der Waals surface area contributed by atoms with Crippen LogP contribution in [-0.2, 0) is 17.8 Å². The molecule has 1 aliphatic rings. The van der Waals surface area contributed by atoms with Gasteiger partial charge in [-0.25, -0.2) is 0 Å². The Labute approximate surface area is 156 Å². The lowest BCUT2D eigenvalue weighted by atomic mass is 9.99. The molecule has 134 valence electrons. The molecule has 1 atom stereocenters. The van der Waals surface area contributed by atoms with Crippen molar-refractivity contribution in [1.29, 1.82) is 0 Å². The van der Waals surface area contributed by atoms with Crippen LogP contribution in [0.2, 0.25) is 0 Å². The van der Waals surface area contributed by atoms with Gasteiger partial charge in [0.1, 0.15) is 17.4 Å². The van der Waals surface area contributed by atoms with E-state index in [1.165, 1.54) is 5.56 Å². The van der Waals surface area contributed by atoms with E-state index in [4.69, 9.17) is 4.42 Å². The third-order valence-corrected chi connectivity index (χ3v) is 5.93. The van der Waals surface area contributed by atoms with Crippen LogP contribution in [0, 0.1) is 0 Å². The molecule has 1 saturated carbocycles. The molecule has 5 nitrogen and oxygen atoms in total. The molecular weight excluding hydrogens is 346 g/mol. The predicted molar refractivity (Wildman–Crippen MR) is 100 cm³/mol. The van der Waals surface area contributed by atoms with E-state index in [0.29, 0.717) is 25.2 Å². The fraction of sp³-hybridized carbons (Fsp3) is 0.350. The number of aromatic nitrogens is 3. The minimum atomic E-state index is -0.00660. The van der Waals surface area contributed by atoms with Gasteiger partial charge in [-0.3, -0.25) is 9.36 Å². The maximum atomic E-state index is 12.2. The normalized spacial score (nSPS) is 17.5. The lowest BCUT2D eigenvalue weighted by Gasteiger charge is -2.19. The monoisotopic (exact) mass is 367 g/mol. The van der Waals surface area contributed by atoms with Crippen molar-refractivity contribution in [1.82, 2.24) is 14.8 Å². The van der Waals surface area contributed by atoms with Crippen molar-refractivity contribution in [3.63, 3.8) is 0 Å². The first kappa shape index (κ1) is 17.1. The molecule has 0 N–H and O–H groups in total. The molecule has 0 amide bonds. The van der Waals surface area contributed by atoms with Crippen LogP contribution in [0.25, 0.3) is 0 Å². The van der Waals surface area contributed by atoms with Crippen molar-refractivity contribution in [2.24, 2.45) is 0 Å². The zero-order valence-electron chi connectivity index (χ0n) is 14.5. The first-order valence-corrected chi connectivity index (χ1v) is 9.85. The van der Waals surface area contributed by atoms with Crippen molar-refractivity contribution >= 4 is 17.5 Å². The van der Waals surface area contributed by atoms with Gasteiger partial charge >= 0.3 is 0 Å². The Hall–Kier alpha value is -2.34. The second kappa shape index (κ2) is 7.91. The number of furan rings is 1. The number of hydrogen-bond donors (Lipinski definition) is 0. The van der Waals surface area contributed by atoms with Gasteiger partial charge in [-0.2, -0.15) is 0 Å². The van der Waals surface area contributed by atoms with E-state index in [-0.39, 0.29) is 5.25 Å². The maximum Gasteiger partial charge on any atom is 0.192 e. The molecular formula is C20H21N3O2S. The molecule has 6 heteroatoms. The zero-order valence-corrected chi connectivity index (χ0v) is 15.3. The van der Waals surface area contributed by atoms with Crippen molar-refractivity contribution in [3.05, 3.63) is 65.9 Å². The Kier molecular flexibility index (Phi) is 5.20. The number of carbonyl (C=O) groups excluding carboxylic acids is 1. The van der Waals surface area contributed by atoms with Crippen LogP contribution in [0.1, 0.15) is 42.8 Å². The second-order valence-electron chi connectivity index (χ2n) is 6.55. The summed E-state index contributed by atoms with van der Waals surface area (Å²) in [7, 11) is 0. The van der Waals surface area contributed by atoms with Crippen LogP contribution < -0.4 is 0 Å². The third kappa shape index (κ3) is 3.90. The Balaban J connectivity index is 1.61. The number of hydrogen-bond acceptors (Lipinski definition) is 5. The minimum Gasteiger partial charge on any atom is -0.467 e. The molecule has 0 radical (unpaired) electrons. The van der Waals surface area contributed by atoms with E-state index in [1.807, 2.05) is 30.3 Å². The van der Waals surface area contributed by atoms with Crippen LogP contribution in [0.15, 0.2) is 58.3 Å². The first-order valence-electron chi connectivity index (χ1n) is 8.97. The summed E-state index contributed by atoms with van der Waals surface area (Å²) in [4.78, 5) is 12.2. The molecule has 0 spiro atoms. The Bertz CT molecular complexity index is 859. The molecule has 2 heterocycles. The summed E-state index contributed by atoms with van der Waals surface area (Å²) in [6, 6.07) is 14.1. The van der Waals surface area contributed by atoms with Crippen molar-refractivity contribution < 1.29 is 9.21 Å². The van der Waals surface area contributed by atoms with E-state index in [9.17, 15) is 4.79 Å². The zero-order chi connectivity index (χ0) is 17.8. The van der Waals surface area contributed by atoms with Crippen molar-refractivity contribution in [2.75, 3.05) is 0 Å². The second-order valence-corrected chi connectivity index (χ2v) is 7.72. The van der Waals surface area contributed by atoms with Crippen LogP contribution in [0.3, 0.4) is 0 Å². The fourth-order valence-corrected chi connectivity index (χ4v) is 4.41. The third-order valence-electron chi connectivity index (χ3n) is 4.64. The van der Waals surface area contributed by atoms with E-state index >= 15 is 0 Å². The summed E-state index contributed by atoms with van der Waals surface area (Å²) < 4.78 is 7.61. The van der Waals surface area contributed by atoms with Gasteiger partial charge in [-0.05, 0) is 30.5 Å². The summed E-state index contributed by atoms with van der Waals surface area (Å²) in [5.74, 6) is 2.08. The van der Waals surface area contributed by atoms with Gasteiger partial charge < -0.3 is 4.42 Å². The average Bonchev–Trinajstić information content (AvgIpc) is 3.30. The number of thioether (sulfide) groups is 1. The maximum absolute atomic E-state index is 12.2. The summed E-state index contributed by atoms with van der Waals surface area (Å²) >= 11 is 1.55. The Morgan fingerprint density at radius 2 is 2.00 bits per heavy atom. The summed E-state index contributed by atoms with van der Waals surface area (Å²) in [5.41, 5.74) is 1.19. The van der Waals surface area contributed by atoms with E-state index < -0.39 is 0 Å². The predicted octanol–water partition coefficient (Wildman–Crippen LogP) is 4.11. The van der Waals surface area contributed by atoms with Gasteiger partial charge in [0.05, 0.1) is 18.1 Å². The largest absolute Gasteiger partial charge is 0.467 e. The number of nitrogens with zero attached hydrogens (tertiary/aromatic N) is 3. The molecule has 26 heavy (non-hydrogen) atoms. The number of ketones is 1. The first-order chi connectivity index (χ1) is 12.8. The summed E-state index contributed by atoms with van der Waals surface area (Å²) in [6.07, 6.45) is 6.09. The molecule has 0 saturated heterocycles. The van der Waals surface area contributed by atoms with Crippen molar-refractivity contribution in [2.45, 2.75) is 49.1 Å². The highest BCUT2D eigenvalue weighted by Crippen LogP contribution is 2.31. The highest BCUT2D eigenvalue weighted by molar-refractivity contribution is 8.00. The molecule has 2 aromatic heterocycles. The minimum absolute atomic E-state index is 0.00660. The molecule has 4 rings (SSSR count). The Morgan fingerprint density at radius 3 is 2.77 bits per heavy atom. The van der Waals surface area contributed by atoms with Gasteiger partial charge in [0.15, 0.2) is 5.16 Å². The quantitative estimate of drug-likeness (QED) is 0.656. The van der Waals surface area contributed by atoms with Gasteiger partial charge in [0.2, 0.25) is 0 Å². The molecule has 1 unspecified atom stereocenters. The van der Waals surface area contributed by atoms with E-state index in [1.54, 1.807) is 18.0 Å². The number of Topliss-reactive ketones (excluding diaryl/α,β-unsaturated/α-hetero) is 1. The number of benzene rings is 1. The van der Waals surface area contributed by atoms with Crippen LogP contribution in [0.5, 0.6) is 0 Å². The highest BCUT2D eigenvalue weighted by atomic mass is 32.2. The van der Waals surface area contributed by atoms with Crippen LogP contribution >= 0.6 is 11.8 Å². The van der Waals surface area contributed by atoms with Gasteiger partial charge in [-0.15, -0.1) is 10.2 Å². The standard InChI is InChI=1S/C20H21N3O2S/c24-17-10-4-5-11-18(17)26-20-22-21-19(13-15-7-2-1-3-8-15)23(20)14-16-9-6-12-25-16/h1-3,6-9,12,18H,4-5,10-11,13-14H2. The van der Waals surface area contributed by atoms with Gasteiger partial charge in [0, 0.05) is 12.8 Å². The van der Waals surface area contributed by atoms with Gasteiger partial charge in [0.25, 0.3) is 0 Å². The van der Waals surface area contributed by atoms with E-state index in [0.717, 1.165) is 36.0 Å². The Morgan fingerprint density at radius 1 is 1.12 bits per heavy atom. The summed E-state index contributed by atoms with van der Waals surface area (Å²) in [6.45, 7) is 0.575.